The third-order valence-electron chi connectivity index (χ3n) is 19.8. The van der Waals surface area contributed by atoms with Crippen molar-refractivity contribution in [2.45, 2.75) is 150 Å². The molecule has 0 aromatic carbocycles. The molecule has 8 unspecified atom stereocenters. The number of ether oxygens (including phenoxy) is 4. The van der Waals surface area contributed by atoms with Gasteiger partial charge >= 0.3 is 18.2 Å². The Morgan fingerprint density at radius 1 is 0.427 bits per heavy atom. The molecule has 11 aliphatic rings. The Hall–Kier alpha value is 0.740. The summed E-state index contributed by atoms with van der Waals surface area (Å²) >= 11 is 26.9. The van der Waals surface area contributed by atoms with Gasteiger partial charge in [0.1, 0.15) is 38.4 Å². The molecule has 1 amide bonds. The van der Waals surface area contributed by atoms with Crippen LogP contribution in [0.3, 0.4) is 0 Å². The third kappa shape index (κ3) is 35.1. The van der Waals surface area contributed by atoms with E-state index in [1.54, 1.807) is 137 Å². The zero-order valence-electron chi connectivity index (χ0n) is 65.1. The van der Waals surface area contributed by atoms with Crippen LogP contribution in [0, 0.1) is 12.3 Å². The summed E-state index contributed by atoms with van der Waals surface area (Å²) in [5.74, 6) is 1.93. The number of aliphatic carboxylic acids is 1. The zero-order valence-corrected chi connectivity index (χ0v) is 92.7. The molecule has 8 atom stereocenters. The van der Waals surface area contributed by atoms with Gasteiger partial charge in [-0.2, -0.15) is 13.2 Å². The van der Waals surface area contributed by atoms with Crippen LogP contribution in [0.15, 0.2) is 72.8 Å². The van der Waals surface area contributed by atoms with Crippen LogP contribution in [-0.4, -0.2) is 237 Å². The largest absolute Gasteiger partial charge is 0.490 e. The second-order valence-electron chi connectivity index (χ2n) is 28.5. The van der Waals surface area contributed by atoms with E-state index >= 15 is 0 Å². The molecule has 11 saturated heterocycles. The summed E-state index contributed by atoms with van der Waals surface area (Å²) < 4.78 is 53.1. The minimum absolute atomic E-state index is 0.166. The first-order valence-corrected chi connectivity index (χ1v) is 78.4. The summed E-state index contributed by atoms with van der Waals surface area (Å²) in [6.45, 7) is 19.5. The summed E-state index contributed by atoms with van der Waals surface area (Å²) in [4.78, 5) is 62.1. The van der Waals surface area contributed by atoms with Gasteiger partial charge < -0.3 is 49.4 Å². The molecule has 0 spiro atoms. The molecule has 17 heterocycles. The number of likely N-dealkylation sites (tertiary alicyclic amines) is 1. The lowest BCUT2D eigenvalue weighted by molar-refractivity contribution is -0.192. The maximum atomic E-state index is 11.8. The number of carboxylic acid groups (broad SMARTS) is 1. The highest BCUT2D eigenvalue weighted by Gasteiger charge is 2.48. The van der Waals surface area contributed by atoms with Gasteiger partial charge in [-0.3, -0.25) is 14.7 Å². The van der Waals surface area contributed by atoms with Crippen LogP contribution in [0.1, 0.15) is 77.8 Å². The van der Waals surface area contributed by atoms with Gasteiger partial charge in [0.05, 0.1) is 90.9 Å². The molecular weight excluding hydrogens is 2260 g/mol. The van der Waals surface area contributed by atoms with Gasteiger partial charge in [0, 0.05) is 381 Å². The first kappa shape index (κ1) is 105. The zero-order chi connectivity index (χ0) is 87.6. The number of rotatable bonds is 5. The molecule has 58 heteroatoms. The van der Waals surface area contributed by atoms with E-state index in [-0.39, 0.29) is 11.7 Å². The summed E-state index contributed by atoms with van der Waals surface area (Å²) in [5.41, 5.74) is 5.32. The quantitative estimate of drug-likeness (QED) is 0.109. The fourth-order valence-corrected chi connectivity index (χ4v) is 89.5. The fourth-order valence-electron chi connectivity index (χ4n) is 15.0. The van der Waals surface area contributed by atoms with Gasteiger partial charge in [0.15, 0.2) is 0 Å². The highest BCUT2D eigenvalue weighted by molar-refractivity contribution is 8.80. The first-order chi connectivity index (χ1) is 60.1. The average Bonchev–Trinajstić information content (AvgIpc) is 1.62. The minimum atomic E-state index is -5.08. The number of nitrogens with one attached hydrogen (secondary N) is 2. The number of nitrogens with zero attached hydrogens (tertiary/aromatic N) is 12. The van der Waals surface area contributed by atoms with Crippen LogP contribution >= 0.6 is 34.8 Å². The van der Waals surface area contributed by atoms with Crippen molar-refractivity contribution in [1.29, 1.82) is 0 Å². The first-order valence-electron chi connectivity index (χ1n) is 37.3. The molecular formula is C66H80Cl3F3N14O7S31. The van der Waals surface area contributed by atoms with E-state index in [1.165, 1.54) is 82.2 Å². The number of aromatic nitrogens is 6. The van der Waals surface area contributed by atoms with E-state index in [4.69, 9.17) is 102 Å². The molecule has 11 aliphatic heterocycles. The van der Waals surface area contributed by atoms with E-state index in [1.807, 2.05) is 189 Å². The Bertz CT molecular complexity index is 6110. The van der Waals surface area contributed by atoms with Crippen LogP contribution in [0.25, 0.3) is 33.1 Å². The molecule has 684 valence electrons. The van der Waals surface area contributed by atoms with Crippen molar-refractivity contribution in [3.05, 3.63) is 93.9 Å². The van der Waals surface area contributed by atoms with E-state index in [0.29, 0.717) is 69.5 Å². The monoisotopic (exact) mass is 2330 g/mol. The normalized spacial score (nSPS) is 21.9. The molecule has 3 N–H and O–H groups in total. The molecule has 0 aliphatic carbocycles. The molecule has 8 bridgehead atoms. The number of halogens is 6. The number of carbonyl (C=O) groups is 2. The van der Waals surface area contributed by atoms with Gasteiger partial charge in [-0.1, -0.05) is 40.7 Å². The standard InChI is InChI=1S/C19H20N4O.C17H19ClN4O.C11H20N2O2.C9H16N2O.C8H4Cl2N2.C2HF3O2.S31/c1-2-13-3-6-18-17(20-13)7-8-19(21-18)22-9-14-4-5-15(10-22)23(14)16-11-24-12-16;18-16-5-3-15-14(19-16)4-6-17(20-15)21-7-11-1-2-12(8-21)22(11)13-9-23-10-13;1-11(2,3)15-10(14)13-6-8-4-5-9(7-13)12-8;1-2-8-4-10-3-7(1)11(8)9-5-12-6-9;9-7-3-1-5-6(12-7)2-4-8(10)11-5;3-2(4,5)1(6)7;1-3-5-7-9-11-13-15-17-19-21-23-25-27-29-31-30-28-26-24-22-20-18-16-14-12-10-8-6-4-2/h1,3,6-8,14-16H,4-5,9-12H2;3-6,11-13H,1-2,7-10H2;8-9,12H,4-7H2,1-3H3;7-10H,1-6H2;1-4H;(H,6,7);. The molecule has 0 saturated carbocycles. The van der Waals surface area contributed by atoms with Crippen molar-refractivity contribution in [2.24, 2.45) is 0 Å². The number of pyridine rings is 6. The SMILES string of the molecule is C#Cc1ccc2nc(N3CC4CCC(C3)N4C3COC3)ccc2n1.C1CC2CNCC1N2C1COC1.CC(C)(C)OC(=O)N1CC2CCC(C1)N2.Clc1ccc2nc(Cl)ccc2n1.Clc1ccc2nc(N3CC4CCC(C3)N4C3COC3)ccc2n1.O=C(O)C(F)(F)F.S=S=S=S=S=S=S=S=S=S=S=S=S=S=S=S=S=S=S=S=S=S=S=S=S=S=S=S=S=S=S. The Morgan fingerprint density at radius 3 is 1.00 bits per heavy atom. The predicted molar refractivity (Wildman–Crippen MR) is 578 cm³/mol. The highest BCUT2D eigenvalue weighted by atomic mass is 35.5. The summed E-state index contributed by atoms with van der Waals surface area (Å²) in [6, 6.07) is 29.9. The molecule has 21 nitrogen and oxygen atoms in total. The van der Waals surface area contributed by atoms with Crippen LogP contribution < -0.4 is 20.4 Å². The number of hydrogen-bond donors (Lipinski definition) is 3. The number of carboxylic acids is 1. The third-order valence-corrected chi connectivity index (χ3v) is 82.7. The topological polar surface area (TPSA) is 212 Å². The Balaban J connectivity index is 0.000000146. The molecule has 0 radical (unpaired) electrons. The second kappa shape index (κ2) is 56.4. The molecule has 6 aromatic rings. The van der Waals surface area contributed by atoms with Gasteiger partial charge in [0.2, 0.25) is 0 Å². The van der Waals surface area contributed by atoms with Crippen molar-refractivity contribution in [3.8, 4) is 12.3 Å². The van der Waals surface area contributed by atoms with Crippen molar-refractivity contribution >= 4 is 372 Å². The van der Waals surface area contributed by atoms with Gasteiger partial charge in [-0.05, 0) is 145 Å². The van der Waals surface area contributed by atoms with E-state index in [0.717, 1.165) is 142 Å². The number of alkyl halides is 3. The minimum Gasteiger partial charge on any atom is -0.475 e. The molecule has 6 aromatic heterocycles. The number of carbonyl (C=O) groups excluding carboxylic acids is 1. The number of piperazine rings is 4. The van der Waals surface area contributed by atoms with Crippen molar-refractivity contribution < 1.29 is 46.8 Å². The van der Waals surface area contributed by atoms with Gasteiger partial charge in [-0.25, -0.2) is 39.5 Å². The predicted octanol–water partition coefficient (Wildman–Crippen LogP) is 8.67. The maximum Gasteiger partial charge on any atom is 0.490 e. The van der Waals surface area contributed by atoms with Crippen molar-refractivity contribution in [1.82, 2.24) is 60.1 Å². The van der Waals surface area contributed by atoms with E-state index < -0.39 is 12.1 Å². The number of hydrogen-bond acceptors (Lipinski definition) is 21. The van der Waals surface area contributed by atoms with E-state index in [2.05, 4.69) is 73.1 Å². The lowest BCUT2D eigenvalue weighted by Crippen LogP contribution is -2.62. The van der Waals surface area contributed by atoms with Crippen LogP contribution in [-0.2, 0) is 304 Å². The molecule has 17 rings (SSSR count). The average molecular weight is 2340 g/mol. The second-order valence-corrected chi connectivity index (χ2v) is 81.0. The summed E-state index contributed by atoms with van der Waals surface area (Å²) in [6.07, 6.45) is 10.5. The van der Waals surface area contributed by atoms with Crippen LogP contribution in [0.5, 0.6) is 0 Å². The van der Waals surface area contributed by atoms with Crippen molar-refractivity contribution in [3.63, 3.8) is 0 Å². The van der Waals surface area contributed by atoms with E-state index in [9.17, 15) is 18.0 Å². The number of terminal acetylenes is 1. The Labute approximate surface area is 824 Å². The summed E-state index contributed by atoms with van der Waals surface area (Å²) in [5, 5.41) is 15.6. The van der Waals surface area contributed by atoms with Gasteiger partial charge in [0.25, 0.3) is 0 Å². The smallest absolute Gasteiger partial charge is 0.475 e. The van der Waals surface area contributed by atoms with Crippen LogP contribution in [0.2, 0.25) is 15.5 Å². The Kier molecular flexibility index (Phi) is 47.9. The highest BCUT2D eigenvalue weighted by Crippen LogP contribution is 2.38. The fraction of sp³-hybridized carbons (Fsp3) is 0.576. The number of anilines is 2. The summed E-state index contributed by atoms with van der Waals surface area (Å²) in [7, 11) is 50.9. The number of fused-ring (bicyclic) bond motifs is 11. The molecule has 124 heavy (non-hydrogen) atoms. The molecule has 11 fully saturated rings. The van der Waals surface area contributed by atoms with Crippen LogP contribution in [0.4, 0.5) is 29.6 Å². The lowest BCUT2D eigenvalue weighted by Gasteiger charge is -2.48. The van der Waals surface area contributed by atoms with Crippen molar-refractivity contribution in [2.75, 3.05) is 102 Å². The maximum absolute atomic E-state index is 11.8. The Morgan fingerprint density at radius 2 is 0.710 bits per heavy atom. The number of amides is 1. The van der Waals surface area contributed by atoms with Gasteiger partial charge in [-0.15, -0.1) is 6.42 Å². The lowest BCUT2D eigenvalue weighted by atomic mass is 10.1.